The van der Waals surface area contributed by atoms with E-state index in [4.69, 9.17) is 9.56 Å². The Balaban J connectivity index is 1.60. The standard InChI is InChI=1S/C20H14FN3O4S2/c21-13-3-5-14(6-4-13)23-19-18(29-20(25)24-19)11-15-7-10-17(28-15)12-1-8-16(9-2-12)30(22,26)27/h1-11H,(H2,22,26,27)(H,23,24,25)/b18-11+. The molecule has 10 heteroatoms. The molecule has 30 heavy (non-hydrogen) atoms. The van der Waals surface area contributed by atoms with Crippen molar-refractivity contribution in [1.29, 1.82) is 0 Å². The van der Waals surface area contributed by atoms with Gasteiger partial charge in [-0.05, 0) is 78.5 Å². The van der Waals surface area contributed by atoms with E-state index in [0.717, 1.165) is 11.8 Å². The normalized spacial score (nSPS) is 16.9. The summed E-state index contributed by atoms with van der Waals surface area (Å²) in [5.74, 6) is 0.959. The van der Waals surface area contributed by atoms with Gasteiger partial charge >= 0.3 is 0 Å². The van der Waals surface area contributed by atoms with Crippen LogP contribution >= 0.6 is 11.8 Å². The van der Waals surface area contributed by atoms with Gasteiger partial charge in [-0.3, -0.25) is 4.79 Å². The van der Waals surface area contributed by atoms with Gasteiger partial charge < -0.3 is 9.73 Å². The highest BCUT2D eigenvalue weighted by Gasteiger charge is 2.24. The number of hydrogen-bond donors (Lipinski definition) is 2. The van der Waals surface area contributed by atoms with Crippen molar-refractivity contribution >= 4 is 44.6 Å². The van der Waals surface area contributed by atoms with Crippen LogP contribution in [0.25, 0.3) is 17.4 Å². The summed E-state index contributed by atoms with van der Waals surface area (Å²) < 4.78 is 41.6. The summed E-state index contributed by atoms with van der Waals surface area (Å²) in [6, 6.07) is 15.0. The number of amidine groups is 1. The Morgan fingerprint density at radius 2 is 1.73 bits per heavy atom. The number of sulfonamides is 1. The number of thioether (sulfide) groups is 1. The van der Waals surface area contributed by atoms with Crippen molar-refractivity contribution in [1.82, 2.24) is 5.32 Å². The van der Waals surface area contributed by atoms with Crippen molar-refractivity contribution in [2.75, 3.05) is 0 Å². The maximum absolute atomic E-state index is 13.1. The fourth-order valence-corrected chi connectivity index (χ4v) is 3.91. The Morgan fingerprint density at radius 1 is 1.03 bits per heavy atom. The molecule has 1 aliphatic heterocycles. The summed E-state index contributed by atoms with van der Waals surface area (Å²) in [4.78, 5) is 16.7. The summed E-state index contributed by atoms with van der Waals surface area (Å²) in [5.41, 5.74) is 1.16. The number of benzene rings is 2. The zero-order valence-electron chi connectivity index (χ0n) is 15.2. The Kier molecular flexibility index (Phi) is 5.29. The van der Waals surface area contributed by atoms with Crippen LogP contribution in [-0.2, 0) is 10.0 Å². The monoisotopic (exact) mass is 443 g/mol. The number of amides is 1. The second kappa shape index (κ2) is 7.90. The third kappa shape index (κ3) is 4.51. The topological polar surface area (TPSA) is 115 Å². The first-order valence-electron chi connectivity index (χ1n) is 8.56. The Hall–Kier alpha value is -3.21. The van der Waals surface area contributed by atoms with Crippen molar-refractivity contribution in [2.24, 2.45) is 10.1 Å². The van der Waals surface area contributed by atoms with Crippen LogP contribution in [0.1, 0.15) is 5.76 Å². The zero-order chi connectivity index (χ0) is 21.3. The summed E-state index contributed by atoms with van der Waals surface area (Å²) in [7, 11) is -3.77. The second-order valence-electron chi connectivity index (χ2n) is 6.23. The average molecular weight is 443 g/mol. The first kappa shape index (κ1) is 20.1. The molecule has 0 atom stereocenters. The van der Waals surface area contributed by atoms with Crippen LogP contribution in [-0.4, -0.2) is 19.5 Å². The minimum Gasteiger partial charge on any atom is -0.457 e. The molecule has 0 aliphatic carbocycles. The number of halogens is 1. The highest BCUT2D eigenvalue weighted by Crippen LogP contribution is 2.30. The third-order valence-corrected chi connectivity index (χ3v) is 5.84. The molecule has 4 rings (SSSR count). The SMILES string of the molecule is NS(=O)(=O)c1ccc(-c2ccc(/C=C3/SC(=O)NC3=Nc3ccc(F)cc3)o2)cc1. The van der Waals surface area contributed by atoms with Crippen molar-refractivity contribution in [3.05, 3.63) is 77.1 Å². The first-order chi connectivity index (χ1) is 14.3. The fourth-order valence-electron chi connectivity index (χ4n) is 2.68. The van der Waals surface area contributed by atoms with Crippen LogP contribution in [0.3, 0.4) is 0 Å². The minimum atomic E-state index is -3.77. The van der Waals surface area contributed by atoms with Gasteiger partial charge in [-0.15, -0.1) is 0 Å². The highest BCUT2D eigenvalue weighted by molar-refractivity contribution is 8.18. The predicted octanol–water partition coefficient (Wildman–Crippen LogP) is 4.26. The van der Waals surface area contributed by atoms with Crippen LogP contribution in [0.15, 0.2) is 79.9 Å². The number of aliphatic imine (C=N–C) groups is 1. The van der Waals surface area contributed by atoms with E-state index in [1.807, 2.05) is 0 Å². The fraction of sp³-hybridized carbons (Fsp3) is 0. The van der Waals surface area contributed by atoms with E-state index in [1.54, 1.807) is 30.3 Å². The van der Waals surface area contributed by atoms with Gasteiger partial charge in [0, 0.05) is 5.56 Å². The number of carbonyl (C=O) groups excluding carboxylic acids is 1. The molecule has 0 bridgehead atoms. The molecule has 3 N–H and O–H groups in total. The largest absolute Gasteiger partial charge is 0.457 e. The molecule has 0 radical (unpaired) electrons. The van der Waals surface area contributed by atoms with Crippen LogP contribution in [0.4, 0.5) is 14.9 Å². The smallest absolute Gasteiger partial charge is 0.289 e. The average Bonchev–Trinajstić information content (AvgIpc) is 3.30. The Bertz CT molecular complexity index is 1280. The molecule has 1 amide bonds. The van der Waals surface area contributed by atoms with E-state index in [2.05, 4.69) is 10.3 Å². The maximum atomic E-state index is 13.1. The van der Waals surface area contributed by atoms with Crippen LogP contribution in [0.5, 0.6) is 0 Å². The Labute approximate surface area is 175 Å². The van der Waals surface area contributed by atoms with Crippen LogP contribution < -0.4 is 10.5 Å². The lowest BCUT2D eigenvalue weighted by atomic mass is 10.2. The van der Waals surface area contributed by atoms with Gasteiger partial charge in [-0.2, -0.15) is 0 Å². The van der Waals surface area contributed by atoms with E-state index in [-0.39, 0.29) is 16.0 Å². The van der Waals surface area contributed by atoms with Crippen molar-refractivity contribution in [3.63, 3.8) is 0 Å². The van der Waals surface area contributed by atoms with E-state index < -0.39 is 10.0 Å². The van der Waals surface area contributed by atoms with E-state index in [9.17, 15) is 17.6 Å². The second-order valence-corrected chi connectivity index (χ2v) is 8.81. The lowest BCUT2D eigenvalue weighted by molar-refractivity contribution is 0.265. The number of carbonyl (C=O) groups is 1. The number of rotatable bonds is 4. The number of nitrogens with one attached hydrogen (secondary N) is 1. The van der Waals surface area contributed by atoms with Crippen LogP contribution in [0, 0.1) is 5.82 Å². The maximum Gasteiger partial charge on any atom is 0.289 e. The number of furan rings is 1. The van der Waals surface area contributed by atoms with Gasteiger partial charge in [0.15, 0.2) is 0 Å². The molecule has 3 aromatic rings. The molecule has 1 aromatic heterocycles. The molecule has 1 aliphatic rings. The van der Waals surface area contributed by atoms with Gasteiger partial charge in [0.05, 0.1) is 15.5 Å². The zero-order valence-corrected chi connectivity index (χ0v) is 16.8. The van der Waals surface area contributed by atoms with Gasteiger partial charge in [-0.25, -0.2) is 22.9 Å². The lowest BCUT2D eigenvalue weighted by Crippen LogP contribution is -2.18. The molecule has 0 saturated carbocycles. The number of primary sulfonamides is 1. The van der Waals surface area contributed by atoms with E-state index in [0.29, 0.717) is 33.5 Å². The van der Waals surface area contributed by atoms with Crippen LogP contribution in [0.2, 0.25) is 0 Å². The molecule has 7 nitrogen and oxygen atoms in total. The first-order valence-corrected chi connectivity index (χ1v) is 10.9. The summed E-state index contributed by atoms with van der Waals surface area (Å²) >= 11 is 0.966. The van der Waals surface area contributed by atoms with Gasteiger partial charge in [0.1, 0.15) is 23.2 Å². The molecule has 0 spiro atoms. The number of nitrogens with two attached hydrogens (primary N) is 1. The quantitative estimate of drug-likeness (QED) is 0.625. The molecular formula is C20H14FN3O4S2. The van der Waals surface area contributed by atoms with Gasteiger partial charge in [0.2, 0.25) is 10.0 Å². The molecule has 0 unspecified atom stereocenters. The van der Waals surface area contributed by atoms with Crippen molar-refractivity contribution < 1.29 is 22.0 Å². The molecule has 1 saturated heterocycles. The van der Waals surface area contributed by atoms with Crippen molar-refractivity contribution in [3.8, 4) is 11.3 Å². The molecule has 1 fully saturated rings. The molecule has 2 aromatic carbocycles. The van der Waals surface area contributed by atoms with Gasteiger partial charge in [0.25, 0.3) is 5.24 Å². The molecule has 2 heterocycles. The number of nitrogens with zero attached hydrogens (tertiary/aromatic N) is 1. The Morgan fingerprint density at radius 3 is 2.40 bits per heavy atom. The van der Waals surface area contributed by atoms with E-state index in [1.165, 1.54) is 36.4 Å². The van der Waals surface area contributed by atoms with E-state index >= 15 is 0 Å². The highest BCUT2D eigenvalue weighted by atomic mass is 32.2. The summed E-state index contributed by atoms with van der Waals surface area (Å²) in [6.07, 6.45) is 1.66. The van der Waals surface area contributed by atoms with Gasteiger partial charge in [-0.1, -0.05) is 0 Å². The summed E-state index contributed by atoms with van der Waals surface area (Å²) in [5, 5.41) is 7.47. The summed E-state index contributed by atoms with van der Waals surface area (Å²) in [6.45, 7) is 0. The third-order valence-electron chi connectivity index (χ3n) is 4.09. The number of hydrogen-bond acceptors (Lipinski definition) is 6. The predicted molar refractivity (Wildman–Crippen MR) is 113 cm³/mol. The van der Waals surface area contributed by atoms with Crippen molar-refractivity contribution in [2.45, 2.75) is 4.90 Å². The molecular weight excluding hydrogens is 429 g/mol. The lowest BCUT2D eigenvalue weighted by Gasteiger charge is -2.00. The minimum absolute atomic E-state index is 0.00809. The molecule has 152 valence electrons.